The average molecular weight is 293 g/mol. The van der Waals surface area contributed by atoms with Crippen LogP contribution in [0.2, 0.25) is 0 Å². The minimum absolute atomic E-state index is 0.197. The Bertz CT molecular complexity index is 667. The van der Waals surface area contributed by atoms with Gasteiger partial charge in [0.05, 0.1) is 0 Å². The molecule has 0 spiro atoms. The highest BCUT2D eigenvalue weighted by Gasteiger charge is 2.31. The van der Waals surface area contributed by atoms with E-state index in [-0.39, 0.29) is 5.75 Å². The van der Waals surface area contributed by atoms with Gasteiger partial charge in [-0.2, -0.15) is 0 Å². The molecule has 3 rings (SSSR count). The Morgan fingerprint density at radius 2 is 1.67 bits per heavy atom. The highest BCUT2D eigenvalue weighted by molar-refractivity contribution is 5.66. The summed E-state index contributed by atoms with van der Waals surface area (Å²) in [6.07, 6.45) is -4.67. The van der Waals surface area contributed by atoms with Gasteiger partial charge >= 0.3 is 6.36 Å². The summed E-state index contributed by atoms with van der Waals surface area (Å²) in [4.78, 5) is 2.19. The third kappa shape index (κ3) is 3.19. The first-order chi connectivity index (χ1) is 9.90. The van der Waals surface area contributed by atoms with E-state index in [1.54, 1.807) is 12.1 Å². The molecule has 1 aliphatic heterocycles. The van der Waals surface area contributed by atoms with Crippen molar-refractivity contribution < 1.29 is 17.9 Å². The first-order valence-corrected chi connectivity index (χ1v) is 6.57. The molecule has 2 aromatic rings. The summed E-state index contributed by atoms with van der Waals surface area (Å²) < 4.78 is 40.8. The predicted octanol–water partition coefficient (Wildman–Crippen LogP) is 4.20. The monoisotopic (exact) mass is 293 g/mol. The van der Waals surface area contributed by atoms with Gasteiger partial charge in [-0.1, -0.05) is 24.3 Å². The molecular formula is C16H14F3NO. The molecule has 5 heteroatoms. The zero-order valence-corrected chi connectivity index (χ0v) is 11.4. The van der Waals surface area contributed by atoms with Crippen molar-refractivity contribution in [2.45, 2.75) is 19.5 Å². The molecule has 0 bridgehead atoms. The molecule has 0 atom stereocenters. The van der Waals surface area contributed by atoms with Gasteiger partial charge in [-0.05, 0) is 47.5 Å². The van der Waals surface area contributed by atoms with Crippen LogP contribution in [0.1, 0.15) is 11.1 Å². The molecular weight excluding hydrogens is 279 g/mol. The van der Waals surface area contributed by atoms with Gasteiger partial charge in [0.1, 0.15) is 5.75 Å². The number of hydrogen-bond donors (Lipinski definition) is 0. The van der Waals surface area contributed by atoms with E-state index >= 15 is 0 Å². The van der Waals surface area contributed by atoms with Crippen LogP contribution in [0, 0.1) is 0 Å². The minimum Gasteiger partial charge on any atom is -0.406 e. The van der Waals surface area contributed by atoms with Crippen LogP contribution in [-0.4, -0.2) is 18.3 Å². The normalized spacial score (nSPS) is 15.0. The van der Waals surface area contributed by atoms with Crippen molar-refractivity contribution in [1.82, 2.24) is 4.90 Å². The first kappa shape index (κ1) is 13.9. The fourth-order valence-electron chi connectivity index (χ4n) is 2.62. The molecule has 1 heterocycles. The van der Waals surface area contributed by atoms with Crippen molar-refractivity contribution in [1.29, 1.82) is 0 Å². The minimum atomic E-state index is -4.67. The van der Waals surface area contributed by atoms with E-state index in [0.29, 0.717) is 5.56 Å². The van der Waals surface area contributed by atoms with Gasteiger partial charge in [-0.25, -0.2) is 0 Å². The Morgan fingerprint density at radius 3 is 2.43 bits per heavy atom. The predicted molar refractivity (Wildman–Crippen MR) is 73.7 cm³/mol. The number of alkyl halides is 3. The molecule has 0 saturated heterocycles. The van der Waals surface area contributed by atoms with E-state index in [4.69, 9.17) is 0 Å². The molecule has 0 N–H and O–H groups in total. The maximum atomic E-state index is 12.3. The first-order valence-electron chi connectivity index (χ1n) is 6.57. The molecule has 0 amide bonds. The van der Waals surface area contributed by atoms with Gasteiger partial charge in [-0.15, -0.1) is 13.2 Å². The second-order valence-electron chi connectivity index (χ2n) is 5.23. The topological polar surface area (TPSA) is 12.5 Å². The lowest BCUT2D eigenvalue weighted by Crippen LogP contribution is -2.17. The largest absolute Gasteiger partial charge is 0.573 e. The van der Waals surface area contributed by atoms with Crippen LogP contribution in [0.5, 0.6) is 5.75 Å². The molecule has 0 unspecified atom stereocenters. The zero-order valence-electron chi connectivity index (χ0n) is 11.4. The fourth-order valence-corrected chi connectivity index (χ4v) is 2.62. The third-order valence-corrected chi connectivity index (χ3v) is 3.49. The molecule has 1 aliphatic rings. The summed E-state index contributed by atoms with van der Waals surface area (Å²) in [6, 6.07) is 12.1. The van der Waals surface area contributed by atoms with Gasteiger partial charge in [0.15, 0.2) is 0 Å². The number of halogens is 3. The Kier molecular flexibility index (Phi) is 3.37. The summed E-state index contributed by atoms with van der Waals surface area (Å²) in [5, 5.41) is 0. The van der Waals surface area contributed by atoms with Gasteiger partial charge in [0, 0.05) is 13.1 Å². The molecule has 2 nitrogen and oxygen atoms in total. The Hall–Kier alpha value is -2.01. The van der Waals surface area contributed by atoms with Gasteiger partial charge in [0.25, 0.3) is 0 Å². The number of fused-ring (bicyclic) bond motifs is 1. The van der Waals surface area contributed by atoms with Crippen LogP contribution in [0.25, 0.3) is 11.1 Å². The van der Waals surface area contributed by atoms with Crippen molar-refractivity contribution in [3.8, 4) is 16.9 Å². The van der Waals surface area contributed by atoms with E-state index in [9.17, 15) is 13.2 Å². The number of rotatable bonds is 2. The van der Waals surface area contributed by atoms with E-state index < -0.39 is 6.36 Å². The third-order valence-electron chi connectivity index (χ3n) is 3.49. The summed E-state index contributed by atoms with van der Waals surface area (Å²) in [5.41, 5.74) is 4.10. The van der Waals surface area contributed by atoms with E-state index in [1.807, 2.05) is 25.2 Å². The second-order valence-corrected chi connectivity index (χ2v) is 5.23. The number of nitrogens with zero attached hydrogens (tertiary/aromatic N) is 1. The second kappa shape index (κ2) is 5.07. The standard InChI is InChI=1S/C16H14F3NO/c1-20-9-13-6-5-12(7-14(13)10-20)11-3-2-4-15(8-11)21-16(17,18)19/h2-8H,9-10H2,1H3. The highest BCUT2D eigenvalue weighted by atomic mass is 19.4. The molecule has 110 valence electrons. The van der Waals surface area contributed by atoms with Crippen molar-refractivity contribution in [2.75, 3.05) is 7.05 Å². The molecule has 0 aromatic heterocycles. The molecule has 2 aromatic carbocycles. The molecule has 0 aliphatic carbocycles. The van der Waals surface area contributed by atoms with Crippen molar-refractivity contribution >= 4 is 0 Å². The Balaban J connectivity index is 1.91. The molecule has 21 heavy (non-hydrogen) atoms. The molecule has 0 radical (unpaired) electrons. The van der Waals surface area contributed by atoms with Crippen LogP contribution in [0.15, 0.2) is 42.5 Å². The maximum absolute atomic E-state index is 12.3. The lowest BCUT2D eigenvalue weighted by molar-refractivity contribution is -0.274. The summed E-state index contributed by atoms with van der Waals surface area (Å²) in [6.45, 7) is 1.77. The number of ether oxygens (including phenoxy) is 1. The number of benzene rings is 2. The SMILES string of the molecule is CN1Cc2ccc(-c3cccc(OC(F)(F)F)c3)cc2C1. The van der Waals surface area contributed by atoms with E-state index in [1.165, 1.54) is 23.3 Å². The van der Waals surface area contributed by atoms with E-state index in [2.05, 4.69) is 9.64 Å². The lowest BCUT2D eigenvalue weighted by Gasteiger charge is -2.10. The van der Waals surface area contributed by atoms with Crippen LogP contribution in [0.3, 0.4) is 0 Å². The number of hydrogen-bond acceptors (Lipinski definition) is 2. The molecule has 0 fully saturated rings. The highest BCUT2D eigenvalue weighted by Crippen LogP contribution is 2.31. The Morgan fingerprint density at radius 1 is 0.952 bits per heavy atom. The van der Waals surface area contributed by atoms with Crippen LogP contribution < -0.4 is 4.74 Å². The summed E-state index contributed by atoms with van der Waals surface area (Å²) in [7, 11) is 2.04. The van der Waals surface area contributed by atoms with Gasteiger partial charge < -0.3 is 4.74 Å². The van der Waals surface area contributed by atoms with Crippen LogP contribution in [-0.2, 0) is 13.1 Å². The smallest absolute Gasteiger partial charge is 0.406 e. The van der Waals surface area contributed by atoms with Crippen molar-refractivity contribution in [3.05, 3.63) is 53.6 Å². The van der Waals surface area contributed by atoms with Crippen molar-refractivity contribution in [2.24, 2.45) is 0 Å². The van der Waals surface area contributed by atoms with Crippen LogP contribution in [0.4, 0.5) is 13.2 Å². The van der Waals surface area contributed by atoms with E-state index in [0.717, 1.165) is 18.7 Å². The Labute approximate surface area is 120 Å². The average Bonchev–Trinajstić information content (AvgIpc) is 2.76. The fraction of sp³-hybridized carbons (Fsp3) is 0.250. The quantitative estimate of drug-likeness (QED) is 0.823. The van der Waals surface area contributed by atoms with Gasteiger partial charge in [0.2, 0.25) is 0 Å². The zero-order chi connectivity index (χ0) is 15.0. The van der Waals surface area contributed by atoms with Gasteiger partial charge in [-0.3, -0.25) is 4.90 Å². The lowest BCUT2D eigenvalue weighted by atomic mass is 10.0. The summed E-state index contributed by atoms with van der Waals surface area (Å²) in [5.74, 6) is -0.197. The maximum Gasteiger partial charge on any atom is 0.573 e. The van der Waals surface area contributed by atoms with Crippen LogP contribution >= 0.6 is 0 Å². The molecule has 0 saturated carbocycles. The van der Waals surface area contributed by atoms with Crippen molar-refractivity contribution in [3.63, 3.8) is 0 Å². The summed E-state index contributed by atoms with van der Waals surface area (Å²) >= 11 is 0.